The first-order valence-corrected chi connectivity index (χ1v) is 7.74. The minimum atomic E-state index is -1.22. The number of aliphatic hydroxyl groups is 1. The number of carbonyl (C=O) groups is 3. The van der Waals surface area contributed by atoms with E-state index in [1.54, 1.807) is 6.92 Å². The number of ether oxygens (including phenoxy) is 2. The van der Waals surface area contributed by atoms with Gasteiger partial charge < -0.3 is 29.9 Å². The van der Waals surface area contributed by atoms with Crippen molar-refractivity contribution in [3.63, 3.8) is 0 Å². The van der Waals surface area contributed by atoms with Gasteiger partial charge >= 0.3 is 11.9 Å². The highest BCUT2D eigenvalue weighted by molar-refractivity contribution is 6.09. The van der Waals surface area contributed by atoms with Crippen molar-refractivity contribution in [1.82, 2.24) is 4.90 Å². The number of hydrogen-bond acceptors (Lipinski definition) is 7. The lowest BCUT2D eigenvalue weighted by atomic mass is 10.1. The average Bonchev–Trinajstić information content (AvgIpc) is 2.91. The van der Waals surface area contributed by atoms with E-state index in [0.717, 1.165) is 0 Å². The van der Waals surface area contributed by atoms with Crippen molar-refractivity contribution in [2.45, 2.75) is 6.92 Å². The van der Waals surface area contributed by atoms with Crippen LogP contribution in [0.5, 0.6) is 5.75 Å². The number of benzene rings is 1. The van der Waals surface area contributed by atoms with Gasteiger partial charge in [0.05, 0.1) is 44.2 Å². The lowest BCUT2D eigenvalue weighted by Gasteiger charge is -2.16. The molecule has 1 aliphatic rings. The molecule has 1 aliphatic heterocycles. The highest BCUT2D eigenvalue weighted by Crippen LogP contribution is 2.30. The molecule has 140 valence electrons. The summed E-state index contributed by atoms with van der Waals surface area (Å²) in [5, 5.41) is 21.3. The molecule has 0 radical (unpaired) electrons. The number of carbonyl (C=O) groups excluding carboxylic acids is 2. The molecule has 0 spiro atoms. The lowest BCUT2D eigenvalue weighted by Crippen LogP contribution is -2.31. The van der Waals surface area contributed by atoms with E-state index < -0.39 is 17.8 Å². The van der Waals surface area contributed by atoms with Crippen molar-refractivity contribution in [3.8, 4) is 5.75 Å². The van der Waals surface area contributed by atoms with Crippen LogP contribution in [0.25, 0.3) is 0 Å². The molecule has 0 saturated carbocycles. The standard InChI is InChI=1S/C17H20N2O7/c1-9-6-12(10(16(22)23)7-13(9)25-2)18-14-11(17(24)26-3)8-19(4-5-20)15(14)21/h6-7,18,20H,4-5,8H2,1-3H3,(H,22,23). The topological polar surface area (TPSA) is 125 Å². The summed E-state index contributed by atoms with van der Waals surface area (Å²) < 4.78 is 9.83. The summed E-state index contributed by atoms with van der Waals surface area (Å²) in [4.78, 5) is 37.4. The van der Waals surface area contributed by atoms with Gasteiger partial charge in [-0.1, -0.05) is 0 Å². The fourth-order valence-corrected chi connectivity index (χ4v) is 2.67. The number of amides is 1. The molecular weight excluding hydrogens is 344 g/mol. The van der Waals surface area contributed by atoms with Gasteiger partial charge in [0.2, 0.25) is 0 Å². The van der Waals surface area contributed by atoms with E-state index in [1.807, 2.05) is 0 Å². The molecule has 1 amide bonds. The molecule has 1 heterocycles. The molecule has 3 N–H and O–H groups in total. The van der Waals surface area contributed by atoms with Gasteiger partial charge in [-0.05, 0) is 24.6 Å². The Balaban J connectivity index is 2.49. The first kappa shape index (κ1) is 19.3. The molecule has 9 heteroatoms. The summed E-state index contributed by atoms with van der Waals surface area (Å²) in [7, 11) is 2.61. The van der Waals surface area contributed by atoms with Crippen molar-refractivity contribution in [3.05, 3.63) is 34.5 Å². The lowest BCUT2D eigenvalue weighted by molar-refractivity contribution is -0.136. The molecule has 0 unspecified atom stereocenters. The summed E-state index contributed by atoms with van der Waals surface area (Å²) >= 11 is 0. The molecule has 2 rings (SSSR count). The molecule has 0 bridgehead atoms. The van der Waals surface area contributed by atoms with E-state index in [9.17, 15) is 19.5 Å². The number of aromatic carboxylic acids is 1. The second-order valence-corrected chi connectivity index (χ2v) is 5.59. The van der Waals surface area contributed by atoms with Crippen LogP contribution in [0.1, 0.15) is 15.9 Å². The highest BCUT2D eigenvalue weighted by Gasteiger charge is 2.35. The first-order chi connectivity index (χ1) is 12.3. The summed E-state index contributed by atoms with van der Waals surface area (Å²) in [5.74, 6) is -2.06. The summed E-state index contributed by atoms with van der Waals surface area (Å²) in [5.41, 5.74) is 0.676. The molecule has 0 aliphatic carbocycles. The Morgan fingerprint density at radius 1 is 1.31 bits per heavy atom. The number of anilines is 1. The van der Waals surface area contributed by atoms with E-state index in [1.165, 1.54) is 31.3 Å². The molecule has 9 nitrogen and oxygen atoms in total. The number of β-amino-alcohol motifs (C(OH)–C–C–N with tert-alkyl or cyclic N) is 1. The second kappa shape index (κ2) is 7.87. The molecule has 1 aromatic carbocycles. The van der Waals surface area contributed by atoms with Crippen molar-refractivity contribution in [2.75, 3.05) is 39.2 Å². The Kier molecular flexibility index (Phi) is 5.83. The zero-order valence-electron chi connectivity index (χ0n) is 14.7. The Morgan fingerprint density at radius 2 is 2.00 bits per heavy atom. The zero-order valence-corrected chi connectivity index (χ0v) is 14.7. The van der Waals surface area contributed by atoms with Crippen molar-refractivity contribution in [1.29, 1.82) is 0 Å². The van der Waals surface area contributed by atoms with Crippen LogP contribution < -0.4 is 10.1 Å². The minimum absolute atomic E-state index is 0.0358. The van der Waals surface area contributed by atoms with Gasteiger partial charge in [-0.3, -0.25) is 4.79 Å². The number of rotatable bonds is 7. The van der Waals surface area contributed by atoms with Crippen LogP contribution in [0.3, 0.4) is 0 Å². The van der Waals surface area contributed by atoms with Crippen LogP contribution in [-0.4, -0.2) is 66.9 Å². The number of nitrogens with one attached hydrogen (secondary N) is 1. The number of carboxylic acid groups (broad SMARTS) is 1. The molecule has 0 aromatic heterocycles. The Morgan fingerprint density at radius 3 is 2.54 bits per heavy atom. The van der Waals surface area contributed by atoms with Crippen LogP contribution in [0.15, 0.2) is 23.4 Å². The summed E-state index contributed by atoms with van der Waals surface area (Å²) in [6, 6.07) is 2.86. The maximum Gasteiger partial charge on any atom is 0.337 e. The van der Waals surface area contributed by atoms with Gasteiger partial charge in [0.1, 0.15) is 11.4 Å². The predicted molar refractivity (Wildman–Crippen MR) is 91.0 cm³/mol. The van der Waals surface area contributed by atoms with E-state index in [-0.39, 0.29) is 42.2 Å². The smallest absolute Gasteiger partial charge is 0.337 e. The average molecular weight is 364 g/mol. The van der Waals surface area contributed by atoms with E-state index in [4.69, 9.17) is 14.6 Å². The molecular formula is C17H20N2O7. The highest BCUT2D eigenvalue weighted by atomic mass is 16.5. The third kappa shape index (κ3) is 3.62. The number of hydrogen-bond donors (Lipinski definition) is 3. The van der Waals surface area contributed by atoms with Gasteiger partial charge in [-0.15, -0.1) is 0 Å². The van der Waals surface area contributed by atoms with Gasteiger partial charge in [-0.25, -0.2) is 9.59 Å². The minimum Gasteiger partial charge on any atom is -0.496 e. The number of carboxylic acids is 1. The number of aryl methyl sites for hydroxylation is 1. The van der Waals surface area contributed by atoms with Crippen molar-refractivity contribution >= 4 is 23.5 Å². The van der Waals surface area contributed by atoms with Crippen LogP contribution in [0.4, 0.5) is 5.69 Å². The number of esters is 1. The van der Waals surface area contributed by atoms with Gasteiger partial charge in [-0.2, -0.15) is 0 Å². The van der Waals surface area contributed by atoms with Gasteiger partial charge in [0.25, 0.3) is 5.91 Å². The van der Waals surface area contributed by atoms with Crippen LogP contribution in [0.2, 0.25) is 0 Å². The number of methoxy groups -OCH3 is 2. The molecule has 0 atom stereocenters. The SMILES string of the molecule is COC(=O)C1=C(Nc2cc(C)c(OC)cc2C(=O)O)C(=O)N(CCO)C1. The zero-order chi connectivity index (χ0) is 19.4. The fourth-order valence-electron chi connectivity index (χ4n) is 2.67. The van der Waals surface area contributed by atoms with Gasteiger partial charge in [0.15, 0.2) is 0 Å². The third-order valence-electron chi connectivity index (χ3n) is 3.98. The summed E-state index contributed by atoms with van der Waals surface area (Å²) in [6.45, 7) is 1.46. The Labute approximate surface area is 149 Å². The van der Waals surface area contributed by atoms with E-state index in [2.05, 4.69) is 5.32 Å². The fraction of sp³-hybridized carbons (Fsp3) is 0.353. The molecule has 26 heavy (non-hydrogen) atoms. The Bertz CT molecular complexity index is 786. The van der Waals surface area contributed by atoms with Crippen LogP contribution >= 0.6 is 0 Å². The van der Waals surface area contributed by atoms with Gasteiger partial charge in [0, 0.05) is 6.54 Å². The monoisotopic (exact) mass is 364 g/mol. The van der Waals surface area contributed by atoms with Crippen molar-refractivity contribution in [2.24, 2.45) is 0 Å². The molecule has 0 saturated heterocycles. The quantitative estimate of drug-likeness (QED) is 0.593. The largest absolute Gasteiger partial charge is 0.496 e. The summed E-state index contributed by atoms with van der Waals surface area (Å²) in [6.07, 6.45) is 0. The number of aliphatic hydroxyl groups excluding tert-OH is 1. The maximum atomic E-state index is 12.5. The molecule has 0 fully saturated rings. The first-order valence-electron chi connectivity index (χ1n) is 7.74. The predicted octanol–water partition coefficient (Wildman–Crippen LogP) is 0.375. The van der Waals surface area contributed by atoms with Crippen LogP contribution in [-0.2, 0) is 14.3 Å². The maximum absolute atomic E-state index is 12.5. The number of nitrogens with zero attached hydrogens (tertiary/aromatic N) is 1. The normalized spacial score (nSPS) is 13.8. The van der Waals surface area contributed by atoms with E-state index in [0.29, 0.717) is 11.3 Å². The second-order valence-electron chi connectivity index (χ2n) is 5.59. The van der Waals surface area contributed by atoms with E-state index >= 15 is 0 Å². The van der Waals surface area contributed by atoms with Crippen LogP contribution in [0, 0.1) is 6.92 Å². The van der Waals surface area contributed by atoms with Crippen molar-refractivity contribution < 1.29 is 34.1 Å². The third-order valence-corrected chi connectivity index (χ3v) is 3.98. The Hall–Kier alpha value is -3.07. The molecule has 1 aromatic rings.